The maximum Gasteiger partial charge on any atom is 0.308 e. The lowest BCUT2D eigenvalue weighted by Gasteiger charge is -2.15. The number of carbonyl (C=O) groups excluding carboxylic acids is 2. The van der Waals surface area contributed by atoms with E-state index in [1.807, 2.05) is 44.2 Å². The SMILES string of the molecule is CC(=O)OCc1c(OC(C)=O)ccc2cc(C)n(-c3ccc(C)cc3)c12. The van der Waals surface area contributed by atoms with Crippen molar-refractivity contribution in [1.82, 2.24) is 4.57 Å². The van der Waals surface area contributed by atoms with E-state index in [0.717, 1.165) is 22.3 Å². The molecule has 0 saturated carbocycles. The van der Waals surface area contributed by atoms with Gasteiger partial charge in [0.1, 0.15) is 12.4 Å². The van der Waals surface area contributed by atoms with Crippen molar-refractivity contribution in [2.75, 3.05) is 0 Å². The first-order chi connectivity index (χ1) is 12.4. The van der Waals surface area contributed by atoms with E-state index < -0.39 is 5.97 Å². The fourth-order valence-corrected chi connectivity index (χ4v) is 3.07. The summed E-state index contributed by atoms with van der Waals surface area (Å²) >= 11 is 0. The number of ether oxygens (including phenoxy) is 2. The molecular weight excluding hydrogens is 330 g/mol. The first-order valence-electron chi connectivity index (χ1n) is 8.39. The van der Waals surface area contributed by atoms with Gasteiger partial charge >= 0.3 is 11.9 Å². The van der Waals surface area contributed by atoms with Gasteiger partial charge in [0.2, 0.25) is 0 Å². The van der Waals surface area contributed by atoms with E-state index in [2.05, 4.69) is 10.6 Å². The van der Waals surface area contributed by atoms with Gasteiger partial charge in [-0.25, -0.2) is 0 Å². The Balaban J connectivity index is 2.26. The summed E-state index contributed by atoms with van der Waals surface area (Å²) in [4.78, 5) is 22.8. The van der Waals surface area contributed by atoms with Crippen molar-refractivity contribution in [3.8, 4) is 11.4 Å². The molecule has 0 amide bonds. The first-order valence-corrected chi connectivity index (χ1v) is 8.39. The van der Waals surface area contributed by atoms with E-state index in [1.54, 1.807) is 6.07 Å². The Morgan fingerprint density at radius 2 is 1.65 bits per heavy atom. The number of hydrogen-bond donors (Lipinski definition) is 0. The smallest absolute Gasteiger partial charge is 0.308 e. The summed E-state index contributed by atoms with van der Waals surface area (Å²) in [7, 11) is 0. The average molecular weight is 351 g/mol. The zero-order chi connectivity index (χ0) is 18.8. The van der Waals surface area contributed by atoms with Crippen molar-refractivity contribution < 1.29 is 19.1 Å². The fraction of sp³-hybridized carbons (Fsp3) is 0.238. The topological polar surface area (TPSA) is 57.5 Å². The third-order valence-electron chi connectivity index (χ3n) is 4.18. The highest BCUT2D eigenvalue weighted by molar-refractivity contribution is 5.89. The molecule has 1 aromatic heterocycles. The summed E-state index contributed by atoms with van der Waals surface area (Å²) in [6.07, 6.45) is 0. The highest BCUT2D eigenvalue weighted by Crippen LogP contribution is 2.33. The van der Waals surface area contributed by atoms with E-state index >= 15 is 0 Å². The van der Waals surface area contributed by atoms with Crippen molar-refractivity contribution >= 4 is 22.8 Å². The molecular formula is C21H21NO4. The molecule has 0 aliphatic heterocycles. The number of hydrogen-bond acceptors (Lipinski definition) is 4. The Labute approximate surface area is 152 Å². The number of benzene rings is 2. The zero-order valence-corrected chi connectivity index (χ0v) is 15.3. The Morgan fingerprint density at radius 1 is 0.962 bits per heavy atom. The van der Waals surface area contributed by atoms with Gasteiger partial charge in [-0.15, -0.1) is 0 Å². The standard InChI is InChI=1S/C21H21NO4/c1-13-5-8-18(9-6-13)22-14(2)11-17-7-10-20(26-16(4)24)19(21(17)22)12-25-15(3)23/h5-11H,12H2,1-4H3. The molecule has 0 spiro atoms. The lowest BCUT2D eigenvalue weighted by molar-refractivity contribution is -0.142. The molecule has 0 aliphatic carbocycles. The molecule has 0 saturated heterocycles. The normalized spacial score (nSPS) is 10.8. The summed E-state index contributed by atoms with van der Waals surface area (Å²) in [5.74, 6) is -0.405. The van der Waals surface area contributed by atoms with Crippen LogP contribution in [0, 0.1) is 13.8 Å². The molecule has 0 unspecified atom stereocenters. The van der Waals surface area contributed by atoms with Gasteiger partial charge < -0.3 is 14.0 Å². The Morgan fingerprint density at radius 3 is 2.27 bits per heavy atom. The van der Waals surface area contributed by atoms with E-state index in [-0.39, 0.29) is 12.6 Å². The minimum atomic E-state index is -0.418. The largest absolute Gasteiger partial charge is 0.461 e. The predicted molar refractivity (Wildman–Crippen MR) is 99.5 cm³/mol. The Kier molecular flexibility index (Phi) is 4.80. The second kappa shape index (κ2) is 7.04. The van der Waals surface area contributed by atoms with Crippen molar-refractivity contribution in [2.24, 2.45) is 0 Å². The molecule has 3 aromatic rings. The second-order valence-corrected chi connectivity index (χ2v) is 6.31. The molecule has 134 valence electrons. The van der Waals surface area contributed by atoms with E-state index in [4.69, 9.17) is 9.47 Å². The van der Waals surface area contributed by atoms with Gasteiger partial charge in [-0.1, -0.05) is 17.7 Å². The number of rotatable bonds is 4. The van der Waals surface area contributed by atoms with Crippen LogP contribution in [-0.4, -0.2) is 16.5 Å². The van der Waals surface area contributed by atoms with Crippen LogP contribution in [0.2, 0.25) is 0 Å². The number of aryl methyl sites for hydroxylation is 2. The van der Waals surface area contributed by atoms with E-state index in [1.165, 1.54) is 19.4 Å². The van der Waals surface area contributed by atoms with Gasteiger partial charge in [0.25, 0.3) is 0 Å². The summed E-state index contributed by atoms with van der Waals surface area (Å²) in [5.41, 5.74) is 4.73. The highest BCUT2D eigenvalue weighted by Gasteiger charge is 2.18. The Hall–Kier alpha value is -3.08. The molecule has 5 nitrogen and oxygen atoms in total. The van der Waals surface area contributed by atoms with Crippen molar-refractivity contribution in [3.63, 3.8) is 0 Å². The minimum Gasteiger partial charge on any atom is -0.461 e. The van der Waals surface area contributed by atoms with Crippen LogP contribution in [0.3, 0.4) is 0 Å². The minimum absolute atomic E-state index is 0.0323. The van der Waals surface area contributed by atoms with Crippen LogP contribution in [-0.2, 0) is 20.9 Å². The van der Waals surface area contributed by atoms with Crippen LogP contribution < -0.4 is 4.74 Å². The zero-order valence-electron chi connectivity index (χ0n) is 15.3. The van der Waals surface area contributed by atoms with Gasteiger partial charge in [-0.05, 0) is 44.2 Å². The van der Waals surface area contributed by atoms with Gasteiger partial charge in [0.05, 0.1) is 11.1 Å². The third-order valence-corrected chi connectivity index (χ3v) is 4.18. The fourth-order valence-electron chi connectivity index (χ4n) is 3.07. The molecule has 1 heterocycles. The number of carbonyl (C=O) groups is 2. The van der Waals surface area contributed by atoms with Crippen molar-refractivity contribution in [1.29, 1.82) is 0 Å². The quantitative estimate of drug-likeness (QED) is 0.521. The molecule has 0 atom stereocenters. The van der Waals surface area contributed by atoms with Gasteiger partial charge in [0, 0.05) is 30.6 Å². The number of fused-ring (bicyclic) bond motifs is 1. The summed E-state index contributed by atoms with van der Waals surface area (Å²) in [6.45, 7) is 6.79. The highest BCUT2D eigenvalue weighted by atomic mass is 16.5. The molecule has 0 aliphatic rings. The van der Waals surface area contributed by atoms with Crippen LogP contribution >= 0.6 is 0 Å². The van der Waals surface area contributed by atoms with Gasteiger partial charge in [-0.2, -0.15) is 0 Å². The Bertz CT molecular complexity index is 983. The van der Waals surface area contributed by atoms with Crippen LogP contribution in [0.15, 0.2) is 42.5 Å². The predicted octanol–water partition coefficient (Wildman–Crippen LogP) is 4.24. The molecule has 0 fully saturated rings. The van der Waals surface area contributed by atoms with Gasteiger partial charge in [0.15, 0.2) is 0 Å². The van der Waals surface area contributed by atoms with Crippen molar-refractivity contribution in [2.45, 2.75) is 34.3 Å². The molecule has 2 aromatic carbocycles. The average Bonchev–Trinajstić information content (AvgIpc) is 2.90. The van der Waals surface area contributed by atoms with Crippen LogP contribution in [0.25, 0.3) is 16.6 Å². The summed E-state index contributed by atoms with van der Waals surface area (Å²) in [6, 6.07) is 13.9. The van der Waals surface area contributed by atoms with Crippen LogP contribution in [0.5, 0.6) is 5.75 Å². The van der Waals surface area contributed by atoms with Gasteiger partial charge in [-0.3, -0.25) is 9.59 Å². The summed E-state index contributed by atoms with van der Waals surface area (Å²) < 4.78 is 12.7. The molecule has 0 radical (unpaired) electrons. The lowest BCUT2D eigenvalue weighted by Crippen LogP contribution is -2.08. The van der Waals surface area contributed by atoms with Crippen LogP contribution in [0.4, 0.5) is 0 Å². The molecule has 26 heavy (non-hydrogen) atoms. The number of nitrogens with zero attached hydrogens (tertiary/aromatic N) is 1. The number of esters is 2. The molecule has 0 N–H and O–H groups in total. The third kappa shape index (κ3) is 3.47. The van der Waals surface area contributed by atoms with E-state index in [9.17, 15) is 9.59 Å². The first kappa shape index (κ1) is 17.7. The monoisotopic (exact) mass is 351 g/mol. The van der Waals surface area contributed by atoms with Crippen molar-refractivity contribution in [3.05, 3.63) is 59.3 Å². The number of aromatic nitrogens is 1. The molecule has 3 rings (SSSR count). The van der Waals surface area contributed by atoms with Crippen LogP contribution in [0.1, 0.15) is 30.7 Å². The molecule has 0 bridgehead atoms. The van der Waals surface area contributed by atoms with E-state index in [0.29, 0.717) is 11.3 Å². The maximum absolute atomic E-state index is 11.5. The second-order valence-electron chi connectivity index (χ2n) is 6.31. The molecule has 5 heteroatoms. The maximum atomic E-state index is 11.5. The lowest BCUT2D eigenvalue weighted by atomic mass is 10.1. The summed E-state index contributed by atoms with van der Waals surface area (Å²) in [5, 5.41) is 0.987.